The van der Waals surface area contributed by atoms with Crippen LogP contribution in [0.5, 0.6) is 5.75 Å². The molecule has 1 aromatic heterocycles. The van der Waals surface area contributed by atoms with Gasteiger partial charge in [0.05, 0.1) is 19.0 Å². The number of unbranched alkanes of at least 4 members (excludes halogenated alkanes) is 2. The van der Waals surface area contributed by atoms with E-state index in [0.29, 0.717) is 0 Å². The molecule has 0 aliphatic carbocycles. The van der Waals surface area contributed by atoms with E-state index in [0.717, 1.165) is 62.0 Å². The van der Waals surface area contributed by atoms with Gasteiger partial charge >= 0.3 is 0 Å². The van der Waals surface area contributed by atoms with Gasteiger partial charge in [0.1, 0.15) is 5.75 Å². The molecule has 1 atom stereocenters. The standard InChI is InChI=1S/C23H30N4O/c1-2-3-5-9-24-17-14-19(18-8-13-28-22(18)15-17)20(16-23-26-11-12-27-23)21-7-4-6-10-25-21/h4,6-7,10,14-15,20,24H,2-3,5,8-9,11-13,16H2,1H3,(H,26,27). The van der Waals surface area contributed by atoms with Crippen LogP contribution in [0.3, 0.4) is 0 Å². The summed E-state index contributed by atoms with van der Waals surface area (Å²) >= 11 is 0. The van der Waals surface area contributed by atoms with Gasteiger partial charge in [-0.05, 0) is 30.2 Å². The Bertz CT molecular complexity index is 819. The first-order valence-electron chi connectivity index (χ1n) is 10.6. The van der Waals surface area contributed by atoms with Gasteiger partial charge in [-0.2, -0.15) is 0 Å². The Morgan fingerprint density at radius 2 is 2.21 bits per heavy atom. The van der Waals surface area contributed by atoms with Crippen molar-refractivity contribution in [2.45, 2.75) is 44.9 Å². The van der Waals surface area contributed by atoms with Crippen LogP contribution in [0.15, 0.2) is 41.5 Å². The lowest BCUT2D eigenvalue weighted by Crippen LogP contribution is -2.22. The number of aromatic nitrogens is 1. The van der Waals surface area contributed by atoms with Crippen LogP contribution in [0.4, 0.5) is 5.69 Å². The number of aliphatic imine (C=N–C) groups is 1. The van der Waals surface area contributed by atoms with Gasteiger partial charge in [0.25, 0.3) is 0 Å². The Kier molecular flexibility index (Phi) is 6.10. The molecular formula is C23H30N4O. The van der Waals surface area contributed by atoms with E-state index in [2.05, 4.69) is 46.8 Å². The van der Waals surface area contributed by atoms with Crippen LogP contribution in [-0.4, -0.2) is 37.1 Å². The fourth-order valence-electron chi connectivity index (χ4n) is 4.08. The van der Waals surface area contributed by atoms with Gasteiger partial charge in [-0.3, -0.25) is 9.98 Å². The Hall–Kier alpha value is -2.56. The molecule has 4 rings (SSSR count). The first-order valence-corrected chi connectivity index (χ1v) is 10.6. The number of anilines is 1. The van der Waals surface area contributed by atoms with E-state index >= 15 is 0 Å². The highest BCUT2D eigenvalue weighted by Gasteiger charge is 2.27. The summed E-state index contributed by atoms with van der Waals surface area (Å²) in [6.45, 7) is 5.79. The molecule has 5 heteroatoms. The molecule has 148 valence electrons. The lowest BCUT2D eigenvalue weighted by Gasteiger charge is -2.21. The van der Waals surface area contributed by atoms with Crippen molar-refractivity contribution < 1.29 is 4.74 Å². The summed E-state index contributed by atoms with van der Waals surface area (Å²) in [5.74, 6) is 2.29. The van der Waals surface area contributed by atoms with Crippen molar-refractivity contribution in [2.24, 2.45) is 4.99 Å². The van der Waals surface area contributed by atoms with E-state index in [-0.39, 0.29) is 5.92 Å². The molecule has 3 heterocycles. The average Bonchev–Trinajstić information content (AvgIpc) is 3.41. The van der Waals surface area contributed by atoms with Crippen molar-refractivity contribution in [3.63, 3.8) is 0 Å². The zero-order chi connectivity index (χ0) is 19.2. The monoisotopic (exact) mass is 378 g/mol. The molecule has 0 saturated carbocycles. The fourth-order valence-corrected chi connectivity index (χ4v) is 4.08. The minimum absolute atomic E-state index is 0.179. The predicted molar refractivity (Wildman–Crippen MR) is 115 cm³/mol. The Morgan fingerprint density at radius 3 is 3.00 bits per heavy atom. The summed E-state index contributed by atoms with van der Waals surface area (Å²) in [4.78, 5) is 9.34. The third-order valence-electron chi connectivity index (χ3n) is 5.52. The zero-order valence-electron chi connectivity index (χ0n) is 16.7. The molecule has 2 aromatic rings. The molecule has 2 aliphatic rings. The number of ether oxygens (including phenoxy) is 1. The Labute approximate surface area is 167 Å². The van der Waals surface area contributed by atoms with Crippen molar-refractivity contribution in [3.05, 3.63) is 53.3 Å². The molecule has 5 nitrogen and oxygen atoms in total. The van der Waals surface area contributed by atoms with E-state index in [4.69, 9.17) is 9.72 Å². The molecule has 0 saturated heterocycles. The number of benzene rings is 1. The number of hydrogen-bond donors (Lipinski definition) is 2. The predicted octanol–water partition coefficient (Wildman–Crippen LogP) is 4.14. The highest BCUT2D eigenvalue weighted by Crippen LogP contribution is 2.39. The number of nitrogens with zero attached hydrogens (tertiary/aromatic N) is 2. The summed E-state index contributed by atoms with van der Waals surface area (Å²) in [5.41, 5.74) is 4.89. The molecule has 0 amide bonds. The second-order valence-corrected chi connectivity index (χ2v) is 7.54. The molecule has 28 heavy (non-hydrogen) atoms. The summed E-state index contributed by atoms with van der Waals surface area (Å²) in [5, 5.41) is 7.04. The third kappa shape index (κ3) is 4.29. The van der Waals surface area contributed by atoms with Crippen molar-refractivity contribution in [3.8, 4) is 5.75 Å². The molecule has 0 spiro atoms. The first kappa shape index (κ1) is 18.8. The van der Waals surface area contributed by atoms with Crippen LogP contribution in [-0.2, 0) is 6.42 Å². The lowest BCUT2D eigenvalue weighted by atomic mass is 9.86. The van der Waals surface area contributed by atoms with Crippen molar-refractivity contribution >= 4 is 11.5 Å². The number of fused-ring (bicyclic) bond motifs is 1. The maximum Gasteiger partial charge on any atom is 0.124 e. The molecule has 1 unspecified atom stereocenters. The first-order chi connectivity index (χ1) is 13.8. The van der Waals surface area contributed by atoms with Gasteiger partial charge < -0.3 is 15.4 Å². The summed E-state index contributed by atoms with van der Waals surface area (Å²) in [6.07, 6.45) is 7.37. The van der Waals surface area contributed by atoms with Crippen molar-refractivity contribution in [1.82, 2.24) is 10.3 Å². The topological polar surface area (TPSA) is 58.5 Å². The smallest absolute Gasteiger partial charge is 0.124 e. The number of amidine groups is 1. The van der Waals surface area contributed by atoms with Gasteiger partial charge in [-0.15, -0.1) is 0 Å². The van der Waals surface area contributed by atoms with Gasteiger partial charge in [0.15, 0.2) is 0 Å². The van der Waals surface area contributed by atoms with E-state index in [1.165, 1.54) is 30.4 Å². The second-order valence-electron chi connectivity index (χ2n) is 7.54. The fraction of sp³-hybridized carbons (Fsp3) is 0.478. The molecule has 0 bridgehead atoms. The second kappa shape index (κ2) is 9.09. The maximum absolute atomic E-state index is 5.96. The van der Waals surface area contributed by atoms with E-state index in [9.17, 15) is 0 Å². The van der Waals surface area contributed by atoms with E-state index < -0.39 is 0 Å². The largest absolute Gasteiger partial charge is 0.493 e. The van der Waals surface area contributed by atoms with Crippen LogP contribution in [0.2, 0.25) is 0 Å². The van der Waals surface area contributed by atoms with E-state index in [1.54, 1.807) is 0 Å². The molecule has 1 aromatic carbocycles. The molecule has 0 radical (unpaired) electrons. The van der Waals surface area contributed by atoms with Crippen LogP contribution in [0, 0.1) is 0 Å². The molecule has 2 N–H and O–H groups in total. The minimum atomic E-state index is 0.179. The SMILES string of the molecule is CCCCCNc1cc2c(c(C(CC3=NCCN3)c3ccccn3)c1)CCO2. The normalized spacial score (nSPS) is 16.1. The molecule has 0 fully saturated rings. The molecular weight excluding hydrogens is 348 g/mol. The number of rotatable bonds is 9. The highest BCUT2D eigenvalue weighted by molar-refractivity contribution is 5.85. The van der Waals surface area contributed by atoms with Gasteiger partial charge in [0, 0.05) is 61.1 Å². The minimum Gasteiger partial charge on any atom is -0.493 e. The van der Waals surface area contributed by atoms with Crippen molar-refractivity contribution in [1.29, 1.82) is 0 Å². The van der Waals surface area contributed by atoms with Crippen LogP contribution >= 0.6 is 0 Å². The maximum atomic E-state index is 5.96. The van der Waals surface area contributed by atoms with Crippen LogP contribution < -0.4 is 15.4 Å². The Morgan fingerprint density at radius 1 is 1.25 bits per heavy atom. The number of hydrogen-bond acceptors (Lipinski definition) is 5. The van der Waals surface area contributed by atoms with Gasteiger partial charge in [-0.1, -0.05) is 25.8 Å². The molecule has 2 aliphatic heterocycles. The van der Waals surface area contributed by atoms with Gasteiger partial charge in [-0.25, -0.2) is 0 Å². The van der Waals surface area contributed by atoms with Gasteiger partial charge in [0.2, 0.25) is 0 Å². The highest BCUT2D eigenvalue weighted by atomic mass is 16.5. The van der Waals surface area contributed by atoms with Crippen LogP contribution in [0.1, 0.15) is 55.3 Å². The quantitative estimate of drug-likeness (QED) is 0.644. The van der Waals surface area contributed by atoms with E-state index in [1.807, 2.05) is 12.3 Å². The summed E-state index contributed by atoms with van der Waals surface area (Å²) < 4.78 is 5.96. The Balaban J connectivity index is 1.67. The van der Waals surface area contributed by atoms with Crippen LogP contribution in [0.25, 0.3) is 0 Å². The number of pyridine rings is 1. The number of nitrogens with one attached hydrogen (secondary N) is 2. The summed E-state index contributed by atoms with van der Waals surface area (Å²) in [6, 6.07) is 10.7. The lowest BCUT2D eigenvalue weighted by molar-refractivity contribution is 0.357. The van der Waals surface area contributed by atoms with Crippen molar-refractivity contribution in [2.75, 3.05) is 31.6 Å². The summed E-state index contributed by atoms with van der Waals surface area (Å²) in [7, 11) is 0. The third-order valence-corrected chi connectivity index (χ3v) is 5.52. The average molecular weight is 379 g/mol. The zero-order valence-corrected chi connectivity index (χ0v) is 16.7.